The summed E-state index contributed by atoms with van der Waals surface area (Å²) in [5.41, 5.74) is 1.21. The molecule has 0 saturated carbocycles. The highest BCUT2D eigenvalue weighted by Gasteiger charge is 2.57. The van der Waals surface area contributed by atoms with Crippen molar-refractivity contribution in [1.82, 2.24) is 10.2 Å². The molecule has 7 rings (SSSR count). The fourth-order valence-electron chi connectivity index (χ4n) is 6.54. The Labute approximate surface area is 344 Å². The molecule has 0 aliphatic carbocycles. The molecule has 0 aromatic heterocycles. The van der Waals surface area contributed by atoms with Crippen LogP contribution in [0.5, 0.6) is 0 Å². The van der Waals surface area contributed by atoms with Crippen LogP contribution in [0.25, 0.3) is 0 Å². The summed E-state index contributed by atoms with van der Waals surface area (Å²) in [5, 5.41) is 5.05. The Kier molecular flexibility index (Phi) is 11.6. The molecule has 2 atom stereocenters. The number of hydrogen-bond acceptors (Lipinski definition) is 5. The highest BCUT2D eigenvalue weighted by atomic mass is 79.9. The lowest BCUT2D eigenvalue weighted by atomic mass is 9.91. The second kappa shape index (κ2) is 15.7. The van der Waals surface area contributed by atoms with Crippen molar-refractivity contribution in [2.24, 2.45) is 9.98 Å². The first-order chi connectivity index (χ1) is 25.1. The van der Waals surface area contributed by atoms with Gasteiger partial charge in [0.15, 0.2) is 0 Å². The second-order valence-corrected chi connectivity index (χ2v) is 16.6. The van der Waals surface area contributed by atoms with E-state index in [9.17, 15) is 14.4 Å². The van der Waals surface area contributed by atoms with Crippen molar-refractivity contribution < 1.29 is 14.4 Å². The van der Waals surface area contributed by atoms with Gasteiger partial charge in [-0.2, -0.15) is 0 Å². The van der Waals surface area contributed by atoms with Crippen molar-refractivity contribution in [3.05, 3.63) is 125 Å². The standard InChI is InChI=1S/C19H14BrCl2N3O2.C19H18BrCl2N3O/c1-19(9-11-2-4-12(20)5-3-11)17(27)24(18-23-10-16(26)25(18)19)15-7-13(21)6-14(22)8-15;1-3-23-18-24-19(2,11-12-4-6-13(20)7-5-12)17(26)25(18)16-9-14(21)8-15(22)10-16/h2-8H,9-10H2,1H3;4-10H,3,11H2,1-2H3,(H,23,24)/t2*19-/m11/s1. The van der Waals surface area contributed by atoms with E-state index >= 15 is 0 Å². The molecule has 0 bridgehead atoms. The van der Waals surface area contributed by atoms with Gasteiger partial charge < -0.3 is 5.32 Å². The maximum atomic E-state index is 13.4. The van der Waals surface area contributed by atoms with Gasteiger partial charge in [0.25, 0.3) is 17.7 Å². The number of anilines is 2. The molecule has 4 aromatic rings. The molecule has 3 aliphatic heterocycles. The smallest absolute Gasteiger partial charge is 0.260 e. The largest absolute Gasteiger partial charge is 0.341 e. The molecule has 3 aliphatic rings. The van der Waals surface area contributed by atoms with Crippen LogP contribution in [0, 0.1) is 0 Å². The van der Waals surface area contributed by atoms with Crippen molar-refractivity contribution in [2.45, 2.75) is 44.7 Å². The first-order valence-corrected chi connectivity index (χ1v) is 19.5. The van der Waals surface area contributed by atoms with E-state index in [1.165, 1.54) is 9.80 Å². The van der Waals surface area contributed by atoms with Crippen molar-refractivity contribution in [1.29, 1.82) is 0 Å². The lowest BCUT2D eigenvalue weighted by Crippen LogP contribution is -2.50. The van der Waals surface area contributed by atoms with Gasteiger partial charge >= 0.3 is 0 Å². The van der Waals surface area contributed by atoms with Crippen molar-refractivity contribution >= 4 is 119 Å². The van der Waals surface area contributed by atoms with Crippen LogP contribution in [-0.2, 0) is 27.2 Å². The van der Waals surface area contributed by atoms with Crippen molar-refractivity contribution in [2.75, 3.05) is 22.9 Å². The van der Waals surface area contributed by atoms with E-state index in [1.54, 1.807) is 48.2 Å². The number of rotatable bonds is 7. The zero-order chi connectivity index (χ0) is 38.2. The Balaban J connectivity index is 0.000000182. The number of nitrogens with one attached hydrogen (secondary N) is 1. The van der Waals surface area contributed by atoms with Crippen molar-refractivity contribution in [3.8, 4) is 0 Å². The average molecular weight is 922 g/mol. The van der Waals surface area contributed by atoms with Crippen LogP contribution in [0.1, 0.15) is 31.9 Å². The maximum Gasteiger partial charge on any atom is 0.260 e. The molecule has 3 heterocycles. The predicted octanol–water partition coefficient (Wildman–Crippen LogP) is 9.37. The van der Waals surface area contributed by atoms with E-state index < -0.39 is 11.1 Å². The highest BCUT2D eigenvalue weighted by molar-refractivity contribution is 9.10. The third kappa shape index (κ3) is 8.16. The quantitative estimate of drug-likeness (QED) is 0.200. The lowest BCUT2D eigenvalue weighted by Gasteiger charge is -2.29. The van der Waals surface area contributed by atoms with Crippen LogP contribution in [0.15, 0.2) is 104 Å². The minimum Gasteiger partial charge on any atom is -0.341 e. The zero-order valence-corrected chi connectivity index (χ0v) is 34.8. The van der Waals surface area contributed by atoms with Crippen LogP contribution in [0.2, 0.25) is 20.1 Å². The number of fused-ring (bicyclic) bond motifs is 1. The molecule has 2 fully saturated rings. The summed E-state index contributed by atoms with van der Waals surface area (Å²) in [6.07, 6.45) is 0.904. The summed E-state index contributed by atoms with van der Waals surface area (Å²) in [4.78, 5) is 52.5. The van der Waals surface area contributed by atoms with Gasteiger partial charge in [0.1, 0.15) is 17.6 Å². The normalized spacial score (nSPS) is 21.5. The Morgan fingerprint density at radius 1 is 0.717 bits per heavy atom. The van der Waals surface area contributed by atoms with E-state index in [1.807, 2.05) is 62.4 Å². The summed E-state index contributed by atoms with van der Waals surface area (Å²) < 4.78 is 1.95. The number of aliphatic imine (C=N–C) groups is 2. The number of guanidine groups is 2. The van der Waals surface area contributed by atoms with Gasteiger partial charge in [-0.25, -0.2) is 14.8 Å². The van der Waals surface area contributed by atoms with Crippen LogP contribution >= 0.6 is 78.3 Å². The van der Waals surface area contributed by atoms with Gasteiger partial charge in [0.05, 0.1) is 11.4 Å². The summed E-state index contributed by atoms with van der Waals surface area (Å²) in [6, 6.07) is 25.5. The van der Waals surface area contributed by atoms with Crippen molar-refractivity contribution in [3.63, 3.8) is 0 Å². The molecule has 15 heteroatoms. The van der Waals surface area contributed by atoms with Gasteiger partial charge in [-0.15, -0.1) is 0 Å². The van der Waals surface area contributed by atoms with Gasteiger partial charge in [-0.05, 0) is 92.6 Å². The fourth-order valence-corrected chi connectivity index (χ4v) is 8.10. The molecule has 274 valence electrons. The summed E-state index contributed by atoms with van der Waals surface area (Å²) >= 11 is 31.3. The molecule has 4 aromatic carbocycles. The molecular formula is C38H32Br2Cl4N6O3. The van der Waals surface area contributed by atoms with E-state index in [-0.39, 0.29) is 24.3 Å². The first kappa shape index (κ1) is 39.2. The third-order valence-electron chi connectivity index (χ3n) is 8.89. The monoisotopic (exact) mass is 918 g/mol. The van der Waals surface area contributed by atoms with Gasteiger partial charge in [0.2, 0.25) is 11.9 Å². The molecule has 2 saturated heterocycles. The Bertz CT molecular complexity index is 2130. The van der Waals surface area contributed by atoms with E-state index in [4.69, 9.17) is 46.4 Å². The van der Waals surface area contributed by atoms with Gasteiger partial charge in [0, 0.05) is 48.4 Å². The number of carbonyl (C=O) groups is 3. The van der Waals surface area contributed by atoms with E-state index in [0.29, 0.717) is 62.8 Å². The van der Waals surface area contributed by atoms with E-state index in [0.717, 1.165) is 20.1 Å². The van der Waals surface area contributed by atoms with Gasteiger partial charge in [-0.1, -0.05) is 103 Å². The topological polar surface area (TPSA) is 97.7 Å². The SMILES string of the molecule is CCN=C1N[C@](C)(Cc2ccc(Br)cc2)C(=O)N1c1cc(Cl)cc(Cl)c1.C[C@@]1(Cc2ccc(Br)cc2)C(=O)N(c2cc(Cl)cc(Cl)c2)C2=NCC(=O)N21. The average Bonchev–Trinajstić information content (AvgIpc) is 3.66. The number of halogens is 6. The number of benzene rings is 4. The third-order valence-corrected chi connectivity index (χ3v) is 10.8. The number of amides is 3. The highest BCUT2D eigenvalue weighted by Crippen LogP contribution is 2.39. The maximum absolute atomic E-state index is 13.4. The van der Waals surface area contributed by atoms with Gasteiger partial charge in [-0.3, -0.25) is 24.3 Å². The molecule has 0 unspecified atom stereocenters. The zero-order valence-electron chi connectivity index (χ0n) is 28.6. The van der Waals surface area contributed by atoms with Crippen LogP contribution in [-0.4, -0.2) is 58.7 Å². The Hall–Kier alpha value is -3.45. The van der Waals surface area contributed by atoms with Crippen LogP contribution in [0.3, 0.4) is 0 Å². The summed E-state index contributed by atoms with van der Waals surface area (Å²) in [7, 11) is 0. The number of carbonyl (C=O) groups excluding carboxylic acids is 3. The number of nitrogens with zero attached hydrogens (tertiary/aromatic N) is 5. The molecule has 53 heavy (non-hydrogen) atoms. The summed E-state index contributed by atoms with van der Waals surface area (Å²) in [5.74, 6) is 0.300. The molecule has 3 amide bonds. The Morgan fingerprint density at radius 2 is 1.19 bits per heavy atom. The minimum atomic E-state index is -1.07. The fraction of sp³-hybridized carbons (Fsp3) is 0.237. The van der Waals surface area contributed by atoms with Crippen LogP contribution in [0.4, 0.5) is 11.4 Å². The molecule has 0 spiro atoms. The minimum absolute atomic E-state index is 0.0172. The van der Waals surface area contributed by atoms with E-state index in [2.05, 4.69) is 47.2 Å². The predicted molar refractivity (Wildman–Crippen MR) is 221 cm³/mol. The molecular weight excluding hydrogens is 890 g/mol. The Morgan fingerprint density at radius 3 is 1.68 bits per heavy atom. The first-order valence-electron chi connectivity index (χ1n) is 16.4. The second-order valence-electron chi connectivity index (χ2n) is 13.0. The molecule has 9 nitrogen and oxygen atoms in total. The van der Waals surface area contributed by atoms with Crippen LogP contribution < -0.4 is 15.1 Å². The lowest BCUT2D eigenvalue weighted by molar-refractivity contribution is -0.135. The number of hydrogen-bond donors (Lipinski definition) is 1. The molecule has 1 N–H and O–H groups in total. The molecule has 0 radical (unpaired) electrons. The summed E-state index contributed by atoms with van der Waals surface area (Å²) in [6.45, 7) is 6.14.